The van der Waals surface area contributed by atoms with Gasteiger partial charge in [0.15, 0.2) is 5.78 Å². The minimum atomic E-state index is -1.82. The third-order valence-electron chi connectivity index (χ3n) is 8.53. The summed E-state index contributed by atoms with van der Waals surface area (Å²) in [6, 6.07) is 9.49. The highest BCUT2D eigenvalue weighted by molar-refractivity contribution is 5.91. The number of carbonyl (C=O) groups is 3. The molecule has 1 saturated heterocycles. The van der Waals surface area contributed by atoms with Crippen molar-refractivity contribution in [2.24, 2.45) is 29.1 Å². The maximum absolute atomic E-state index is 14.2. The summed E-state index contributed by atoms with van der Waals surface area (Å²) in [7, 11) is 0. The molecule has 1 amide bonds. The van der Waals surface area contributed by atoms with Gasteiger partial charge in [-0.3, -0.25) is 14.4 Å². The van der Waals surface area contributed by atoms with Gasteiger partial charge >= 0.3 is 5.97 Å². The molecule has 1 aromatic rings. The van der Waals surface area contributed by atoms with E-state index in [1.165, 1.54) is 26.0 Å². The van der Waals surface area contributed by atoms with Crippen LogP contribution < -0.4 is 5.32 Å². The van der Waals surface area contributed by atoms with Gasteiger partial charge in [0, 0.05) is 30.7 Å². The van der Waals surface area contributed by atoms with Crippen LogP contribution in [0, 0.1) is 29.1 Å². The van der Waals surface area contributed by atoms with Gasteiger partial charge < -0.3 is 20.3 Å². The molecule has 3 aliphatic rings. The molecule has 2 aliphatic carbocycles. The molecule has 1 saturated carbocycles. The summed E-state index contributed by atoms with van der Waals surface area (Å²) in [6.45, 7) is 10.5. The van der Waals surface area contributed by atoms with Gasteiger partial charge in [0.1, 0.15) is 17.1 Å². The maximum Gasteiger partial charge on any atom is 0.303 e. The van der Waals surface area contributed by atoms with Gasteiger partial charge in [-0.25, -0.2) is 0 Å². The Morgan fingerprint density at radius 3 is 2.51 bits per heavy atom. The number of nitrogens with one attached hydrogen (secondary N) is 1. The number of ether oxygens (including phenoxy) is 1. The van der Waals surface area contributed by atoms with Gasteiger partial charge in [-0.1, -0.05) is 62.9 Å². The third-order valence-corrected chi connectivity index (χ3v) is 8.53. The molecule has 4 rings (SSSR count). The van der Waals surface area contributed by atoms with E-state index in [2.05, 4.69) is 11.9 Å². The summed E-state index contributed by atoms with van der Waals surface area (Å²) in [5.74, 6) is -3.26. The van der Waals surface area contributed by atoms with E-state index in [9.17, 15) is 24.6 Å². The van der Waals surface area contributed by atoms with Crippen LogP contribution >= 0.6 is 0 Å². The zero-order valence-electron chi connectivity index (χ0n) is 21.9. The molecule has 1 aliphatic heterocycles. The zero-order valence-corrected chi connectivity index (χ0v) is 21.9. The van der Waals surface area contributed by atoms with Crippen molar-refractivity contribution < 1.29 is 29.3 Å². The Balaban J connectivity index is 1.94. The SMILES string of the molecule is C=C1[C@@H](C)[C@H]2[C@H](Cc3ccccc3)NC(=O)[C@]23[C@@H](OC(C)=O)/C=C/[C@](C)(O)C(=O)C(C)C/C=C/[C@H]3[C@H]1O. The summed E-state index contributed by atoms with van der Waals surface area (Å²) in [6.07, 6.45) is 5.01. The van der Waals surface area contributed by atoms with E-state index in [0.717, 1.165) is 5.56 Å². The van der Waals surface area contributed by atoms with Crippen LogP contribution in [0.1, 0.15) is 39.7 Å². The van der Waals surface area contributed by atoms with Crippen molar-refractivity contribution >= 4 is 17.7 Å². The normalized spacial score (nSPS) is 41.6. The van der Waals surface area contributed by atoms with Crippen molar-refractivity contribution in [2.75, 3.05) is 0 Å². The van der Waals surface area contributed by atoms with Crippen molar-refractivity contribution in [2.45, 2.75) is 64.4 Å². The number of ketones is 1. The number of benzene rings is 1. The Bertz CT molecular complexity index is 1140. The smallest absolute Gasteiger partial charge is 0.303 e. The first-order valence-electron chi connectivity index (χ1n) is 12.9. The largest absolute Gasteiger partial charge is 0.457 e. The Morgan fingerprint density at radius 1 is 1.19 bits per heavy atom. The van der Waals surface area contributed by atoms with E-state index in [4.69, 9.17) is 4.74 Å². The van der Waals surface area contributed by atoms with E-state index in [-0.39, 0.29) is 23.7 Å². The topological polar surface area (TPSA) is 113 Å². The predicted molar refractivity (Wildman–Crippen MR) is 139 cm³/mol. The van der Waals surface area contributed by atoms with Crippen LogP contribution in [-0.4, -0.2) is 51.7 Å². The molecular formula is C30H37NO6. The fourth-order valence-corrected chi connectivity index (χ4v) is 6.68. The van der Waals surface area contributed by atoms with Gasteiger partial charge in [0.05, 0.1) is 6.10 Å². The first-order valence-corrected chi connectivity index (χ1v) is 12.9. The van der Waals surface area contributed by atoms with E-state index < -0.39 is 46.9 Å². The molecule has 7 nitrogen and oxygen atoms in total. The van der Waals surface area contributed by atoms with Crippen LogP contribution in [0.2, 0.25) is 0 Å². The van der Waals surface area contributed by atoms with Gasteiger partial charge in [-0.15, -0.1) is 0 Å². The van der Waals surface area contributed by atoms with Crippen molar-refractivity contribution in [3.63, 3.8) is 0 Å². The monoisotopic (exact) mass is 507 g/mol. The number of hydrogen-bond donors (Lipinski definition) is 3. The maximum atomic E-state index is 14.2. The lowest BCUT2D eigenvalue weighted by Gasteiger charge is -2.52. The van der Waals surface area contributed by atoms with E-state index in [1.807, 2.05) is 37.3 Å². The highest BCUT2D eigenvalue weighted by Crippen LogP contribution is 2.58. The molecular weight excluding hydrogens is 470 g/mol. The number of esters is 1. The number of aliphatic hydroxyl groups excluding tert-OH is 1. The highest BCUT2D eigenvalue weighted by Gasteiger charge is 2.68. The molecule has 3 N–H and O–H groups in total. The number of allylic oxidation sites excluding steroid dienone is 1. The first-order chi connectivity index (χ1) is 17.4. The average Bonchev–Trinajstić information content (AvgIpc) is 3.13. The van der Waals surface area contributed by atoms with Crippen LogP contribution in [0.3, 0.4) is 0 Å². The van der Waals surface area contributed by atoms with Crippen LogP contribution in [0.25, 0.3) is 0 Å². The molecule has 0 radical (unpaired) electrons. The van der Waals surface area contributed by atoms with Crippen molar-refractivity contribution in [3.05, 3.63) is 72.4 Å². The predicted octanol–water partition coefficient (Wildman–Crippen LogP) is 2.92. The van der Waals surface area contributed by atoms with Crippen LogP contribution in [0.4, 0.5) is 0 Å². The van der Waals surface area contributed by atoms with Crippen molar-refractivity contribution in [1.82, 2.24) is 5.32 Å². The number of rotatable bonds is 3. The minimum absolute atomic E-state index is 0.287. The summed E-state index contributed by atoms with van der Waals surface area (Å²) >= 11 is 0. The number of hydrogen-bond acceptors (Lipinski definition) is 6. The van der Waals surface area contributed by atoms with Crippen LogP contribution in [0.5, 0.6) is 0 Å². The van der Waals surface area contributed by atoms with Gasteiger partial charge in [-0.05, 0) is 49.0 Å². The van der Waals surface area contributed by atoms with Crippen LogP contribution in [-0.2, 0) is 25.5 Å². The third kappa shape index (κ3) is 4.59. The van der Waals surface area contributed by atoms with Crippen molar-refractivity contribution in [3.8, 4) is 0 Å². The van der Waals surface area contributed by atoms with Gasteiger partial charge in [-0.2, -0.15) is 0 Å². The molecule has 7 heteroatoms. The molecule has 37 heavy (non-hydrogen) atoms. The summed E-state index contributed by atoms with van der Waals surface area (Å²) in [5.41, 5.74) is -1.55. The number of amides is 1. The molecule has 198 valence electrons. The number of Topliss-reactive ketones (excluding diaryl/α,β-unsaturated/α-hetero) is 1. The molecule has 1 heterocycles. The summed E-state index contributed by atoms with van der Waals surface area (Å²) in [5, 5.41) is 25.7. The Morgan fingerprint density at radius 2 is 1.86 bits per heavy atom. The molecule has 1 aromatic carbocycles. The fraction of sp³-hybridized carbons (Fsp3) is 0.500. The molecule has 0 aromatic heterocycles. The second-order valence-electron chi connectivity index (χ2n) is 11.0. The minimum Gasteiger partial charge on any atom is -0.457 e. The lowest BCUT2D eigenvalue weighted by atomic mass is 9.51. The van der Waals surface area contributed by atoms with Crippen LogP contribution in [0.15, 0.2) is 66.8 Å². The Kier molecular flexibility index (Phi) is 7.32. The standard InChI is InChI=1S/C30H37NO6/c1-17-10-9-13-22-26(33)19(3)18(2)25-23(16-21-11-7-6-8-12-21)31-28(35)30(22,25)24(37-20(4)32)14-15-29(5,36)27(17)34/h6-9,11-15,17-18,22-26,33,36H,3,10,16H2,1-2,4-5H3,(H,31,35)/b13-9+,15-14+/t17?,18-,22+,23+,24+,25+,26+,29+,30-/m1/s1. The van der Waals surface area contributed by atoms with Gasteiger partial charge in [0.2, 0.25) is 5.91 Å². The lowest BCUT2D eigenvalue weighted by Crippen LogP contribution is -2.60. The van der Waals surface area contributed by atoms with Gasteiger partial charge in [0.25, 0.3) is 0 Å². The Labute approximate surface area is 218 Å². The molecule has 0 bridgehead atoms. The highest BCUT2D eigenvalue weighted by atomic mass is 16.5. The van der Waals surface area contributed by atoms with E-state index in [1.54, 1.807) is 19.1 Å². The number of aliphatic hydroxyl groups is 2. The molecule has 1 unspecified atom stereocenters. The Hall–Kier alpha value is -3.03. The quantitative estimate of drug-likeness (QED) is 0.428. The lowest BCUT2D eigenvalue weighted by molar-refractivity contribution is -0.166. The second kappa shape index (κ2) is 10.0. The zero-order chi connectivity index (χ0) is 27.1. The molecule has 9 atom stereocenters. The fourth-order valence-electron chi connectivity index (χ4n) is 6.68. The van der Waals surface area contributed by atoms with E-state index >= 15 is 0 Å². The summed E-state index contributed by atoms with van der Waals surface area (Å²) < 4.78 is 5.81. The molecule has 2 fully saturated rings. The van der Waals surface area contributed by atoms with E-state index in [0.29, 0.717) is 18.4 Å². The summed E-state index contributed by atoms with van der Waals surface area (Å²) in [4.78, 5) is 39.5. The molecule has 1 spiro atoms. The first kappa shape index (κ1) is 27.0. The second-order valence-corrected chi connectivity index (χ2v) is 11.0. The van der Waals surface area contributed by atoms with Crippen molar-refractivity contribution in [1.29, 1.82) is 0 Å². The average molecular weight is 508 g/mol. The number of carbonyl (C=O) groups excluding carboxylic acids is 3.